The average molecular weight is 707 g/mol. The fourth-order valence-electron chi connectivity index (χ4n) is 7.13. The van der Waals surface area contributed by atoms with E-state index in [2.05, 4.69) is 27.1 Å². The van der Waals surface area contributed by atoms with E-state index in [0.717, 1.165) is 12.1 Å². The van der Waals surface area contributed by atoms with Crippen molar-refractivity contribution in [3.8, 4) is 23.0 Å². The normalized spacial score (nSPS) is 18.6. The Morgan fingerprint density at radius 3 is 2.37 bits per heavy atom. The molecule has 0 saturated heterocycles. The highest BCUT2D eigenvalue weighted by Crippen LogP contribution is 2.68. The summed E-state index contributed by atoms with van der Waals surface area (Å²) >= 11 is 0. The van der Waals surface area contributed by atoms with Crippen molar-refractivity contribution < 1.29 is 31.1 Å². The van der Waals surface area contributed by atoms with Gasteiger partial charge in [-0.05, 0) is 94.3 Å². The highest BCUT2D eigenvalue weighted by atomic mass is 19.3. The van der Waals surface area contributed by atoms with Gasteiger partial charge in [0.05, 0.1) is 5.69 Å². The van der Waals surface area contributed by atoms with Crippen LogP contribution < -0.4 is 11.5 Å². The van der Waals surface area contributed by atoms with E-state index in [1.54, 1.807) is 35.6 Å². The summed E-state index contributed by atoms with van der Waals surface area (Å²) in [6.07, 6.45) is -3.65. The van der Waals surface area contributed by atoms with E-state index in [1.807, 2.05) is 20.8 Å². The third-order valence-electron chi connectivity index (χ3n) is 9.34. The molecule has 1 unspecified atom stereocenters. The second kappa shape index (κ2) is 11.9. The standard InChI is InChI=1S/C36H32F6N8O/c1-16-5-7-22(33-46-47-34(44)49(16)33)21-8-6-20(9-10-35(2,3)4)45-27(21)24(13-17-11-18(37)14-19(38)12-17)29(32(43)51)50-30-26(28(48-50)31(39)40)23-15-25(23)36(30,41)42/h5-8,11-12,14,23-25,29,31H,13,15H2,1-4H3,(H2,43,51)(H2,44,47)/t23-,24+,25+,29?/m0/s1. The first-order valence-corrected chi connectivity index (χ1v) is 16.1. The molecular weight excluding hydrogens is 674 g/mol. The highest BCUT2D eigenvalue weighted by Gasteiger charge is 2.67. The lowest BCUT2D eigenvalue weighted by Crippen LogP contribution is -2.37. The minimum absolute atomic E-state index is 0.0101. The number of primary amides is 1. The summed E-state index contributed by atoms with van der Waals surface area (Å²) in [6.45, 7) is 7.40. The molecule has 15 heteroatoms. The van der Waals surface area contributed by atoms with Crippen LogP contribution in [0.3, 0.4) is 0 Å². The Morgan fingerprint density at radius 2 is 1.73 bits per heavy atom. The number of rotatable bonds is 8. The number of carbonyl (C=O) groups is 1. The van der Waals surface area contributed by atoms with E-state index in [1.165, 1.54) is 0 Å². The molecule has 0 bridgehead atoms. The van der Waals surface area contributed by atoms with Crippen LogP contribution >= 0.6 is 0 Å². The Kier molecular flexibility index (Phi) is 7.92. The number of alkyl halides is 4. The molecule has 0 spiro atoms. The van der Waals surface area contributed by atoms with Gasteiger partial charge in [0.1, 0.15) is 34.8 Å². The van der Waals surface area contributed by atoms with E-state index in [4.69, 9.17) is 16.5 Å². The van der Waals surface area contributed by atoms with Gasteiger partial charge in [0, 0.05) is 45.7 Å². The molecule has 1 amide bonds. The zero-order chi connectivity index (χ0) is 36.7. The topological polar surface area (TPSA) is 130 Å². The lowest BCUT2D eigenvalue weighted by atomic mass is 9.84. The number of halogens is 6. The van der Waals surface area contributed by atoms with Crippen LogP contribution in [0.25, 0.3) is 16.8 Å². The van der Waals surface area contributed by atoms with Gasteiger partial charge < -0.3 is 11.5 Å². The van der Waals surface area contributed by atoms with Gasteiger partial charge in [-0.1, -0.05) is 5.92 Å². The van der Waals surface area contributed by atoms with Crippen LogP contribution in [0.1, 0.15) is 91.1 Å². The number of pyridine rings is 2. The van der Waals surface area contributed by atoms with Crippen molar-refractivity contribution in [3.63, 3.8) is 0 Å². The van der Waals surface area contributed by atoms with E-state index >= 15 is 8.78 Å². The summed E-state index contributed by atoms with van der Waals surface area (Å²) in [6, 6.07) is 7.45. The Hall–Kier alpha value is -5.39. The maximum atomic E-state index is 15.9. The van der Waals surface area contributed by atoms with Gasteiger partial charge in [0.2, 0.25) is 11.9 Å². The second-order valence-electron chi connectivity index (χ2n) is 14.1. The Morgan fingerprint density at radius 1 is 1.04 bits per heavy atom. The van der Waals surface area contributed by atoms with Crippen molar-refractivity contribution in [2.75, 3.05) is 5.73 Å². The van der Waals surface area contributed by atoms with Crippen LogP contribution in [0.4, 0.5) is 32.3 Å². The molecule has 1 aromatic carbocycles. The van der Waals surface area contributed by atoms with Gasteiger partial charge >= 0.3 is 0 Å². The third kappa shape index (κ3) is 5.86. The molecule has 7 rings (SSSR count). The molecule has 0 aliphatic heterocycles. The zero-order valence-electron chi connectivity index (χ0n) is 27.9. The van der Waals surface area contributed by atoms with Crippen molar-refractivity contribution in [1.82, 2.24) is 29.4 Å². The number of nitrogen functional groups attached to an aromatic ring is 1. The Labute approximate surface area is 288 Å². The Balaban J connectivity index is 1.54. The van der Waals surface area contributed by atoms with Crippen molar-refractivity contribution >= 4 is 17.5 Å². The van der Waals surface area contributed by atoms with Crippen LogP contribution in [0.5, 0.6) is 0 Å². The zero-order valence-corrected chi connectivity index (χ0v) is 27.9. The predicted molar refractivity (Wildman–Crippen MR) is 175 cm³/mol. The minimum atomic E-state index is -3.61. The first kappa shape index (κ1) is 34.1. The van der Waals surface area contributed by atoms with Crippen LogP contribution in [-0.4, -0.2) is 35.3 Å². The summed E-state index contributed by atoms with van der Waals surface area (Å²) < 4.78 is 92.2. The van der Waals surface area contributed by atoms with Gasteiger partial charge in [-0.25, -0.2) is 27.2 Å². The number of nitrogens with zero attached hydrogens (tertiary/aromatic N) is 6. The van der Waals surface area contributed by atoms with E-state index in [-0.39, 0.29) is 40.5 Å². The summed E-state index contributed by atoms with van der Waals surface area (Å²) in [5, 5.41) is 12.2. The number of hydrogen-bond donors (Lipinski definition) is 2. The first-order chi connectivity index (χ1) is 24.0. The summed E-state index contributed by atoms with van der Waals surface area (Å²) in [5.41, 5.74) is 11.6. The van der Waals surface area contributed by atoms with Gasteiger partial charge in [-0.2, -0.15) is 13.9 Å². The largest absolute Gasteiger partial charge is 0.368 e. The molecule has 9 nitrogen and oxygen atoms in total. The average Bonchev–Trinajstić information content (AvgIpc) is 3.51. The van der Waals surface area contributed by atoms with E-state index < -0.39 is 76.9 Å². The Bertz CT molecular complexity index is 2280. The molecule has 4 N–H and O–H groups in total. The number of amides is 1. The molecule has 264 valence electrons. The molecule has 4 aromatic heterocycles. The second-order valence-corrected chi connectivity index (χ2v) is 14.1. The molecule has 0 radical (unpaired) electrons. The molecule has 4 heterocycles. The number of carbonyl (C=O) groups excluding carboxylic acids is 1. The number of benzene rings is 1. The first-order valence-electron chi connectivity index (χ1n) is 16.1. The fraction of sp³-hybridized carbons (Fsp3) is 0.361. The van der Waals surface area contributed by atoms with Gasteiger partial charge in [0.15, 0.2) is 5.65 Å². The fourth-order valence-corrected chi connectivity index (χ4v) is 7.13. The number of aromatic nitrogens is 6. The monoisotopic (exact) mass is 706 g/mol. The van der Waals surface area contributed by atoms with E-state index in [9.17, 15) is 22.4 Å². The molecule has 1 saturated carbocycles. The number of hydrogen-bond acceptors (Lipinski definition) is 6. The maximum Gasteiger partial charge on any atom is 0.293 e. The molecule has 51 heavy (non-hydrogen) atoms. The summed E-state index contributed by atoms with van der Waals surface area (Å²) in [7, 11) is 0. The maximum absolute atomic E-state index is 15.9. The molecule has 1 fully saturated rings. The van der Waals surface area contributed by atoms with Crippen molar-refractivity contribution in [1.29, 1.82) is 0 Å². The number of fused-ring (bicyclic) bond motifs is 4. The van der Waals surface area contributed by atoms with Gasteiger partial charge in [-0.3, -0.25) is 9.20 Å². The van der Waals surface area contributed by atoms with Gasteiger partial charge in [-0.15, -0.1) is 10.2 Å². The third-order valence-corrected chi connectivity index (χ3v) is 9.34. The molecule has 5 aromatic rings. The summed E-state index contributed by atoms with van der Waals surface area (Å²) in [4.78, 5) is 18.5. The quantitative estimate of drug-likeness (QED) is 0.136. The lowest BCUT2D eigenvalue weighted by Gasteiger charge is -2.29. The molecular formula is C36H32F6N8O. The number of aryl methyl sites for hydroxylation is 1. The highest BCUT2D eigenvalue weighted by molar-refractivity contribution is 5.83. The lowest BCUT2D eigenvalue weighted by molar-refractivity contribution is -0.122. The molecule has 2 aliphatic rings. The smallest absolute Gasteiger partial charge is 0.293 e. The summed E-state index contributed by atoms with van der Waals surface area (Å²) in [5.74, 6) is -4.07. The van der Waals surface area contributed by atoms with Crippen LogP contribution in [-0.2, 0) is 17.1 Å². The van der Waals surface area contributed by atoms with Crippen molar-refractivity contribution in [3.05, 3.63) is 93.7 Å². The van der Waals surface area contributed by atoms with Crippen LogP contribution in [0, 0.1) is 41.7 Å². The van der Waals surface area contributed by atoms with Crippen molar-refractivity contribution in [2.45, 2.75) is 70.8 Å². The van der Waals surface area contributed by atoms with Crippen LogP contribution in [0.15, 0.2) is 42.5 Å². The SMILES string of the molecule is Cc1ccc(-c2ccc(C#CC(C)(C)C)nc2[C@@H](Cc2cc(F)cc(F)c2)C(C(N)=O)n2nc(C(F)F)c3c2C(F)(F)[C@@H]2C[C@H]32)c2nnc(N)n12. The van der Waals surface area contributed by atoms with Gasteiger partial charge in [0.25, 0.3) is 12.3 Å². The predicted octanol–water partition coefficient (Wildman–Crippen LogP) is 6.75. The number of anilines is 1. The molecule has 2 aliphatic carbocycles. The van der Waals surface area contributed by atoms with Crippen LogP contribution in [0.2, 0.25) is 0 Å². The molecule has 4 atom stereocenters. The number of nitrogens with two attached hydrogens (primary N) is 2. The minimum Gasteiger partial charge on any atom is -0.368 e. The van der Waals surface area contributed by atoms with Crippen molar-refractivity contribution in [2.24, 2.45) is 17.1 Å². The van der Waals surface area contributed by atoms with E-state index in [0.29, 0.717) is 27.6 Å².